The summed E-state index contributed by atoms with van der Waals surface area (Å²) in [5.41, 5.74) is 10.8. The van der Waals surface area contributed by atoms with Gasteiger partial charge in [-0.1, -0.05) is 24.3 Å². The van der Waals surface area contributed by atoms with Gasteiger partial charge in [0, 0.05) is 32.5 Å². The van der Waals surface area contributed by atoms with E-state index in [9.17, 15) is 9.59 Å². The molecule has 0 radical (unpaired) electrons. The van der Waals surface area contributed by atoms with Crippen LogP contribution in [-0.2, 0) is 17.8 Å². The van der Waals surface area contributed by atoms with Gasteiger partial charge in [-0.05, 0) is 43.3 Å². The number of aliphatic imine (C=N–C) groups is 1. The summed E-state index contributed by atoms with van der Waals surface area (Å²) >= 11 is 0. The van der Waals surface area contributed by atoms with Crippen molar-refractivity contribution in [2.24, 2.45) is 4.99 Å². The fourth-order valence-corrected chi connectivity index (χ4v) is 4.28. The fourth-order valence-electron chi connectivity index (χ4n) is 4.28. The van der Waals surface area contributed by atoms with Gasteiger partial charge in [-0.15, -0.1) is 0 Å². The van der Waals surface area contributed by atoms with Gasteiger partial charge in [-0.3, -0.25) is 25.0 Å². The molecule has 1 aliphatic heterocycles. The maximum absolute atomic E-state index is 13.2. The normalized spacial score (nSPS) is 12.2. The summed E-state index contributed by atoms with van der Waals surface area (Å²) < 4.78 is 5.34. The zero-order valence-corrected chi connectivity index (χ0v) is 20.6. The standard InChI is InChI=1S/C24H21N5O3.C3H6N2.H2/c1-32-19-12-28-23(25)21-20(19)17(11-27-21)22(30)24(31)29-10-8-15-14(13-29)5-4-6-16(15)18-7-2-3-9-26-18;1-3(4)5-2;/h2-7,9,11-12,27H,8,10,13H2,1H3,(H2,25,28);4H,2H2,1H3;1H. The number of ether oxygens (including phenoxy) is 1. The molecule has 0 aliphatic carbocycles. The van der Waals surface area contributed by atoms with Gasteiger partial charge in [0.05, 0.1) is 35.5 Å². The van der Waals surface area contributed by atoms with Gasteiger partial charge in [-0.2, -0.15) is 0 Å². The summed E-state index contributed by atoms with van der Waals surface area (Å²) in [6.07, 6.45) is 5.35. The van der Waals surface area contributed by atoms with E-state index in [-0.39, 0.29) is 18.6 Å². The topological polar surface area (TPSA) is 150 Å². The van der Waals surface area contributed by atoms with Crippen LogP contribution in [-0.4, -0.2) is 57.7 Å². The Balaban J connectivity index is 0.000000612. The molecule has 10 nitrogen and oxygen atoms in total. The molecule has 0 saturated carbocycles. The molecule has 5 rings (SSSR count). The lowest BCUT2D eigenvalue weighted by atomic mass is 9.92. The Kier molecular flexibility index (Phi) is 7.38. The molecule has 1 aliphatic rings. The average molecular weight is 500 g/mol. The number of carbonyl (C=O) groups is 2. The lowest BCUT2D eigenvalue weighted by molar-refractivity contribution is -0.127. The highest BCUT2D eigenvalue weighted by Crippen LogP contribution is 2.33. The van der Waals surface area contributed by atoms with Crippen LogP contribution in [0.1, 0.15) is 29.8 Å². The number of Topliss-reactive ketones (excluding diaryl/α,β-unsaturated/α-hetero) is 1. The van der Waals surface area contributed by atoms with Crippen molar-refractivity contribution in [2.45, 2.75) is 19.9 Å². The van der Waals surface area contributed by atoms with E-state index >= 15 is 0 Å². The molecule has 3 aromatic heterocycles. The molecule has 1 aromatic carbocycles. The number of amidine groups is 1. The summed E-state index contributed by atoms with van der Waals surface area (Å²) in [7, 11) is 1.48. The van der Waals surface area contributed by atoms with Crippen LogP contribution < -0.4 is 10.5 Å². The monoisotopic (exact) mass is 499 g/mol. The van der Waals surface area contributed by atoms with Gasteiger partial charge in [0.2, 0.25) is 0 Å². The maximum atomic E-state index is 13.2. The fraction of sp³-hybridized carbons (Fsp3) is 0.185. The van der Waals surface area contributed by atoms with Gasteiger partial charge in [0.1, 0.15) is 17.4 Å². The van der Waals surface area contributed by atoms with Crippen molar-refractivity contribution in [2.75, 3.05) is 19.4 Å². The van der Waals surface area contributed by atoms with Crippen LogP contribution in [0.25, 0.3) is 22.2 Å². The summed E-state index contributed by atoms with van der Waals surface area (Å²) in [5.74, 6) is -0.274. The average Bonchev–Trinajstić information content (AvgIpc) is 3.39. The molecule has 0 spiro atoms. The first-order chi connectivity index (χ1) is 17.8. The highest BCUT2D eigenvalue weighted by atomic mass is 16.5. The number of ketones is 1. The quantitative estimate of drug-likeness (QED) is 0.168. The van der Waals surface area contributed by atoms with E-state index < -0.39 is 11.7 Å². The Morgan fingerprint density at radius 1 is 1.24 bits per heavy atom. The highest BCUT2D eigenvalue weighted by Gasteiger charge is 2.30. The second-order valence-corrected chi connectivity index (χ2v) is 8.37. The number of hydrogen-bond acceptors (Lipinski definition) is 7. The van der Waals surface area contributed by atoms with Crippen molar-refractivity contribution < 1.29 is 15.8 Å². The molecule has 4 aromatic rings. The maximum Gasteiger partial charge on any atom is 0.295 e. The van der Waals surface area contributed by atoms with E-state index in [1.165, 1.54) is 19.5 Å². The number of fused-ring (bicyclic) bond motifs is 2. The van der Waals surface area contributed by atoms with Gasteiger partial charge in [0.25, 0.3) is 11.7 Å². The Labute approximate surface area is 215 Å². The highest BCUT2D eigenvalue weighted by molar-refractivity contribution is 6.45. The molecule has 190 valence electrons. The number of hydrogen-bond donors (Lipinski definition) is 3. The predicted octanol–water partition coefficient (Wildman–Crippen LogP) is 3.91. The molecule has 0 fully saturated rings. The molecule has 0 unspecified atom stereocenters. The number of benzene rings is 1. The summed E-state index contributed by atoms with van der Waals surface area (Å²) in [6, 6.07) is 11.8. The van der Waals surface area contributed by atoms with Gasteiger partial charge in [0.15, 0.2) is 0 Å². The molecule has 0 bridgehead atoms. The largest absolute Gasteiger partial charge is 0.494 e. The second-order valence-electron chi connectivity index (χ2n) is 8.37. The predicted molar refractivity (Wildman–Crippen MR) is 145 cm³/mol. The number of nitrogen functional groups attached to an aromatic ring is 1. The summed E-state index contributed by atoms with van der Waals surface area (Å²) in [4.78, 5) is 42.6. The molecular weight excluding hydrogens is 470 g/mol. The number of rotatable bonds is 4. The minimum absolute atomic E-state index is 0. The molecule has 1 amide bonds. The van der Waals surface area contributed by atoms with Crippen molar-refractivity contribution in [3.8, 4) is 17.0 Å². The van der Waals surface area contributed by atoms with Gasteiger partial charge in [-0.25, -0.2) is 4.98 Å². The number of nitrogens with one attached hydrogen (secondary N) is 2. The molecule has 0 saturated heterocycles. The number of amides is 1. The number of aromatic amines is 1. The van der Waals surface area contributed by atoms with Crippen molar-refractivity contribution in [1.29, 1.82) is 5.41 Å². The molecule has 10 heteroatoms. The van der Waals surface area contributed by atoms with Crippen LogP contribution in [0.15, 0.2) is 60.0 Å². The van der Waals surface area contributed by atoms with E-state index in [2.05, 4.69) is 26.7 Å². The number of carbonyl (C=O) groups excluding carboxylic acids is 2. The summed E-state index contributed by atoms with van der Waals surface area (Å²) in [5, 5.41) is 6.98. The van der Waals surface area contributed by atoms with Crippen molar-refractivity contribution in [3.63, 3.8) is 0 Å². The molecular formula is C27H29N7O3. The van der Waals surface area contributed by atoms with E-state index in [0.29, 0.717) is 36.2 Å². The minimum Gasteiger partial charge on any atom is -0.494 e. The third kappa shape index (κ3) is 5.08. The van der Waals surface area contributed by atoms with Crippen LogP contribution in [0.4, 0.5) is 5.82 Å². The molecule has 4 N–H and O–H groups in total. The SMILES string of the molecule is C=NC(C)=N.COc1cnc(N)c2[nH]cc(C(=O)C(=O)N3CCc4c(cccc4-c4ccccn4)C3)c12.[HH]. The first-order valence-electron chi connectivity index (χ1n) is 11.5. The Morgan fingerprint density at radius 3 is 2.70 bits per heavy atom. The van der Waals surface area contributed by atoms with Crippen LogP contribution in [0.5, 0.6) is 5.75 Å². The van der Waals surface area contributed by atoms with Crippen molar-refractivity contribution >= 4 is 41.0 Å². The Bertz CT molecular complexity index is 1500. The Hall–Kier alpha value is -4.86. The van der Waals surface area contributed by atoms with E-state index in [0.717, 1.165) is 22.4 Å². The third-order valence-electron chi connectivity index (χ3n) is 6.09. The lowest BCUT2D eigenvalue weighted by Crippen LogP contribution is -2.40. The third-order valence-corrected chi connectivity index (χ3v) is 6.09. The number of anilines is 1. The smallest absolute Gasteiger partial charge is 0.295 e. The zero-order valence-electron chi connectivity index (χ0n) is 20.6. The first-order valence-corrected chi connectivity index (χ1v) is 11.5. The van der Waals surface area contributed by atoms with E-state index in [1.807, 2.05) is 36.4 Å². The number of nitrogens with two attached hydrogens (primary N) is 1. The van der Waals surface area contributed by atoms with Gasteiger partial charge < -0.3 is 20.4 Å². The van der Waals surface area contributed by atoms with E-state index in [1.54, 1.807) is 18.0 Å². The van der Waals surface area contributed by atoms with Crippen molar-refractivity contribution in [1.82, 2.24) is 19.9 Å². The second kappa shape index (κ2) is 10.8. The molecule has 37 heavy (non-hydrogen) atoms. The molecule has 4 heterocycles. The number of H-pyrrole nitrogens is 1. The zero-order chi connectivity index (χ0) is 26.5. The molecule has 0 atom stereocenters. The van der Waals surface area contributed by atoms with Gasteiger partial charge >= 0.3 is 0 Å². The number of nitrogens with zero attached hydrogens (tertiary/aromatic N) is 4. The number of pyridine rings is 2. The van der Waals surface area contributed by atoms with Crippen LogP contribution in [0, 0.1) is 5.41 Å². The number of aromatic nitrogens is 3. The van der Waals surface area contributed by atoms with Crippen molar-refractivity contribution in [3.05, 3.63) is 71.7 Å². The first kappa shape index (κ1) is 25.2. The van der Waals surface area contributed by atoms with Crippen LogP contribution in [0.2, 0.25) is 0 Å². The van der Waals surface area contributed by atoms with E-state index in [4.69, 9.17) is 15.9 Å². The Morgan fingerprint density at radius 2 is 2.03 bits per heavy atom. The van der Waals surface area contributed by atoms with Crippen LogP contribution in [0.3, 0.4) is 0 Å². The minimum atomic E-state index is -0.607. The number of methoxy groups -OCH3 is 1. The lowest BCUT2D eigenvalue weighted by Gasteiger charge is -2.29. The summed E-state index contributed by atoms with van der Waals surface area (Å²) in [6.45, 7) is 5.48. The van der Waals surface area contributed by atoms with Crippen LogP contribution >= 0.6 is 0 Å².